The zero-order valence-electron chi connectivity index (χ0n) is 13.0. The van der Waals surface area contributed by atoms with E-state index in [1.54, 1.807) is 19.1 Å². The third-order valence-electron chi connectivity index (χ3n) is 4.05. The van der Waals surface area contributed by atoms with Crippen LogP contribution >= 0.6 is 0 Å². The third-order valence-corrected chi connectivity index (χ3v) is 5.94. The minimum absolute atomic E-state index is 0.00311. The Kier molecular flexibility index (Phi) is 5.08. The van der Waals surface area contributed by atoms with Gasteiger partial charge in [0.25, 0.3) is 5.91 Å². The molecule has 0 aliphatic carbocycles. The van der Waals surface area contributed by atoms with Gasteiger partial charge in [-0.15, -0.1) is 0 Å². The van der Waals surface area contributed by atoms with Gasteiger partial charge in [-0.2, -0.15) is 0 Å². The normalized spacial score (nSPS) is 17.4. The predicted octanol–water partition coefficient (Wildman–Crippen LogP) is 1.12. The van der Waals surface area contributed by atoms with Gasteiger partial charge < -0.3 is 11.1 Å². The SMILES string of the molecule is CCS(=O)(=O)N1CCC(NC(=O)c2cc(N)ccc2C)CC1. The highest BCUT2D eigenvalue weighted by atomic mass is 32.2. The standard InChI is InChI=1S/C15H23N3O3S/c1-3-22(20,21)18-8-6-13(7-9-18)17-15(19)14-10-12(16)5-4-11(14)2/h4-5,10,13H,3,6-9,16H2,1-2H3,(H,17,19). The van der Waals surface area contributed by atoms with E-state index in [0.29, 0.717) is 37.2 Å². The molecule has 6 nitrogen and oxygen atoms in total. The van der Waals surface area contributed by atoms with E-state index in [1.165, 1.54) is 4.31 Å². The van der Waals surface area contributed by atoms with Crippen LogP contribution in [0, 0.1) is 6.92 Å². The molecule has 1 aromatic carbocycles. The van der Waals surface area contributed by atoms with E-state index in [4.69, 9.17) is 5.73 Å². The molecule has 0 spiro atoms. The van der Waals surface area contributed by atoms with E-state index in [2.05, 4.69) is 5.32 Å². The van der Waals surface area contributed by atoms with Crippen LogP contribution < -0.4 is 11.1 Å². The van der Waals surface area contributed by atoms with Crippen LogP contribution in [0.4, 0.5) is 5.69 Å². The number of nitrogens with zero attached hydrogens (tertiary/aromatic N) is 1. The van der Waals surface area contributed by atoms with E-state index >= 15 is 0 Å². The number of hydrogen-bond acceptors (Lipinski definition) is 4. The average molecular weight is 325 g/mol. The van der Waals surface area contributed by atoms with Gasteiger partial charge in [-0.05, 0) is 44.4 Å². The summed E-state index contributed by atoms with van der Waals surface area (Å²) in [7, 11) is -3.13. The molecule has 22 heavy (non-hydrogen) atoms. The number of piperidine rings is 1. The maximum atomic E-state index is 12.3. The summed E-state index contributed by atoms with van der Waals surface area (Å²) < 4.78 is 25.1. The van der Waals surface area contributed by atoms with Crippen molar-refractivity contribution in [2.45, 2.75) is 32.7 Å². The highest BCUT2D eigenvalue weighted by molar-refractivity contribution is 7.89. The highest BCUT2D eigenvalue weighted by Crippen LogP contribution is 2.17. The number of benzene rings is 1. The van der Waals surface area contributed by atoms with E-state index in [0.717, 1.165) is 5.56 Å². The van der Waals surface area contributed by atoms with Crippen molar-refractivity contribution in [3.8, 4) is 0 Å². The van der Waals surface area contributed by atoms with Gasteiger partial charge in [0.1, 0.15) is 0 Å². The Balaban J connectivity index is 1.96. The number of anilines is 1. The minimum atomic E-state index is -3.13. The van der Waals surface area contributed by atoms with Gasteiger partial charge >= 0.3 is 0 Å². The summed E-state index contributed by atoms with van der Waals surface area (Å²) in [5, 5.41) is 2.98. The van der Waals surface area contributed by atoms with Crippen molar-refractivity contribution in [2.75, 3.05) is 24.6 Å². The molecule has 0 radical (unpaired) electrons. The summed E-state index contributed by atoms with van der Waals surface area (Å²) >= 11 is 0. The van der Waals surface area contributed by atoms with Crippen molar-refractivity contribution in [3.63, 3.8) is 0 Å². The predicted molar refractivity (Wildman–Crippen MR) is 87.1 cm³/mol. The molecule has 1 aliphatic rings. The summed E-state index contributed by atoms with van der Waals surface area (Å²) in [6.45, 7) is 4.42. The van der Waals surface area contributed by atoms with Crippen molar-refractivity contribution in [2.24, 2.45) is 0 Å². The lowest BCUT2D eigenvalue weighted by Crippen LogP contribution is -2.47. The molecular formula is C15H23N3O3S. The molecule has 1 saturated heterocycles. The van der Waals surface area contributed by atoms with E-state index < -0.39 is 10.0 Å². The van der Waals surface area contributed by atoms with Crippen molar-refractivity contribution in [3.05, 3.63) is 29.3 Å². The molecule has 122 valence electrons. The maximum Gasteiger partial charge on any atom is 0.251 e. The lowest BCUT2D eigenvalue weighted by atomic mass is 10.0. The maximum absolute atomic E-state index is 12.3. The number of carbonyl (C=O) groups excluding carboxylic acids is 1. The van der Waals surface area contributed by atoms with Crippen molar-refractivity contribution in [1.29, 1.82) is 0 Å². The lowest BCUT2D eigenvalue weighted by molar-refractivity contribution is 0.0923. The number of sulfonamides is 1. The van der Waals surface area contributed by atoms with Crippen molar-refractivity contribution in [1.82, 2.24) is 9.62 Å². The zero-order chi connectivity index (χ0) is 16.3. The first-order chi connectivity index (χ1) is 10.3. The summed E-state index contributed by atoms with van der Waals surface area (Å²) in [6.07, 6.45) is 1.26. The summed E-state index contributed by atoms with van der Waals surface area (Å²) in [4.78, 5) is 12.3. The van der Waals surface area contributed by atoms with Crippen LogP contribution in [0.25, 0.3) is 0 Å². The molecule has 0 bridgehead atoms. The molecular weight excluding hydrogens is 302 g/mol. The number of aryl methyl sites for hydroxylation is 1. The second kappa shape index (κ2) is 6.66. The first-order valence-electron chi connectivity index (χ1n) is 7.48. The Hall–Kier alpha value is -1.60. The first kappa shape index (κ1) is 16.8. The Morgan fingerprint density at radius 2 is 2.00 bits per heavy atom. The second-order valence-corrected chi connectivity index (χ2v) is 7.88. The Labute approximate surface area is 131 Å². The van der Waals surface area contributed by atoms with Crippen LogP contribution in [0.5, 0.6) is 0 Å². The molecule has 1 aromatic rings. The summed E-state index contributed by atoms with van der Waals surface area (Å²) in [5.74, 6) is -0.0337. The van der Waals surface area contributed by atoms with E-state index in [1.807, 2.05) is 13.0 Å². The van der Waals surface area contributed by atoms with Gasteiger partial charge in [-0.3, -0.25) is 4.79 Å². The molecule has 1 aliphatic heterocycles. The van der Waals surface area contributed by atoms with Gasteiger partial charge in [0.15, 0.2) is 0 Å². The molecule has 0 unspecified atom stereocenters. The highest BCUT2D eigenvalue weighted by Gasteiger charge is 2.27. The molecule has 1 amide bonds. The van der Waals surface area contributed by atoms with Crippen LogP contribution in [0.15, 0.2) is 18.2 Å². The van der Waals surface area contributed by atoms with Gasteiger partial charge in [-0.25, -0.2) is 12.7 Å². The van der Waals surface area contributed by atoms with Gasteiger partial charge in [0.2, 0.25) is 10.0 Å². The third kappa shape index (κ3) is 3.78. The number of nitrogens with two attached hydrogens (primary N) is 1. The number of amides is 1. The van der Waals surface area contributed by atoms with E-state index in [9.17, 15) is 13.2 Å². The molecule has 0 aromatic heterocycles. The lowest BCUT2D eigenvalue weighted by Gasteiger charge is -2.31. The fourth-order valence-corrected chi connectivity index (χ4v) is 3.74. The van der Waals surface area contributed by atoms with Gasteiger partial charge in [0, 0.05) is 30.4 Å². The monoisotopic (exact) mass is 325 g/mol. The molecule has 1 heterocycles. The second-order valence-electron chi connectivity index (χ2n) is 5.62. The molecule has 1 fully saturated rings. The number of nitrogens with one attached hydrogen (secondary N) is 1. The van der Waals surface area contributed by atoms with Gasteiger partial charge in [-0.1, -0.05) is 6.07 Å². The van der Waals surface area contributed by atoms with Crippen LogP contribution in [0.2, 0.25) is 0 Å². The molecule has 0 atom stereocenters. The fourth-order valence-electron chi connectivity index (χ4n) is 2.61. The molecule has 2 rings (SSSR count). The largest absolute Gasteiger partial charge is 0.399 e. The molecule has 3 N–H and O–H groups in total. The Bertz CT molecular complexity index is 650. The number of nitrogen functional groups attached to an aromatic ring is 1. The smallest absolute Gasteiger partial charge is 0.251 e. The van der Waals surface area contributed by atoms with Crippen LogP contribution in [-0.4, -0.2) is 43.5 Å². The first-order valence-corrected chi connectivity index (χ1v) is 9.09. The minimum Gasteiger partial charge on any atom is -0.399 e. The average Bonchev–Trinajstić information content (AvgIpc) is 2.50. The number of hydrogen-bond donors (Lipinski definition) is 2. The zero-order valence-corrected chi connectivity index (χ0v) is 13.8. The quantitative estimate of drug-likeness (QED) is 0.811. The topological polar surface area (TPSA) is 92.5 Å². The summed E-state index contributed by atoms with van der Waals surface area (Å²) in [6, 6.07) is 5.25. The van der Waals surface area contributed by atoms with Crippen LogP contribution in [0.3, 0.4) is 0 Å². The van der Waals surface area contributed by atoms with Crippen molar-refractivity contribution < 1.29 is 13.2 Å². The van der Waals surface area contributed by atoms with Crippen molar-refractivity contribution >= 4 is 21.6 Å². The number of carbonyl (C=O) groups is 1. The fraction of sp³-hybridized carbons (Fsp3) is 0.533. The Morgan fingerprint density at radius 3 is 2.59 bits per heavy atom. The Morgan fingerprint density at radius 1 is 1.36 bits per heavy atom. The molecule has 0 saturated carbocycles. The van der Waals surface area contributed by atoms with Crippen LogP contribution in [-0.2, 0) is 10.0 Å². The molecule has 7 heteroatoms. The van der Waals surface area contributed by atoms with Crippen LogP contribution in [0.1, 0.15) is 35.7 Å². The number of rotatable bonds is 4. The summed E-state index contributed by atoms with van der Waals surface area (Å²) in [5.41, 5.74) is 7.73. The van der Waals surface area contributed by atoms with E-state index in [-0.39, 0.29) is 17.7 Å². The van der Waals surface area contributed by atoms with Gasteiger partial charge in [0.05, 0.1) is 5.75 Å².